The van der Waals surface area contributed by atoms with Gasteiger partial charge in [-0.3, -0.25) is 14.6 Å². The monoisotopic (exact) mass is 405 g/mol. The van der Waals surface area contributed by atoms with Crippen molar-refractivity contribution in [1.29, 1.82) is 0 Å². The molecule has 0 amide bonds. The van der Waals surface area contributed by atoms with E-state index in [4.69, 9.17) is 0 Å². The minimum atomic E-state index is 0.292. The molecule has 2 heterocycles. The number of hydrogen-bond donors (Lipinski definition) is 0. The van der Waals surface area contributed by atoms with Crippen LogP contribution in [0.2, 0.25) is 0 Å². The number of anilines is 1. The van der Waals surface area contributed by atoms with Crippen LogP contribution in [0.25, 0.3) is 11.1 Å². The average Bonchev–Trinajstić information content (AvgIpc) is 2.79. The van der Waals surface area contributed by atoms with Gasteiger partial charge in [-0.1, -0.05) is 42.5 Å². The molecule has 0 atom stereocenters. The summed E-state index contributed by atoms with van der Waals surface area (Å²) in [5.41, 5.74) is 3.92. The van der Waals surface area contributed by atoms with Gasteiger partial charge >= 0.3 is 0 Å². The van der Waals surface area contributed by atoms with Crippen molar-refractivity contribution in [2.45, 2.75) is 26.2 Å². The summed E-state index contributed by atoms with van der Waals surface area (Å²) < 4.78 is 0. The van der Waals surface area contributed by atoms with E-state index < -0.39 is 0 Å². The molecule has 0 spiro atoms. The lowest BCUT2D eigenvalue weighted by molar-refractivity contribution is -0.118. The zero-order valence-corrected chi connectivity index (χ0v) is 18.3. The van der Waals surface area contributed by atoms with Crippen LogP contribution < -0.4 is 4.90 Å². The molecule has 0 saturated carbocycles. The summed E-state index contributed by atoms with van der Waals surface area (Å²) in [6.07, 6.45) is 3.80. The number of piperidine rings is 1. The number of likely N-dealkylation sites (tertiary alicyclic amines) is 1. The number of piperazine rings is 1. The van der Waals surface area contributed by atoms with Crippen LogP contribution in [0.1, 0.15) is 26.2 Å². The number of carbonyl (C=O) groups excluding carboxylic acids is 1. The van der Waals surface area contributed by atoms with Crippen molar-refractivity contribution in [1.82, 2.24) is 9.80 Å². The zero-order chi connectivity index (χ0) is 20.8. The molecule has 0 unspecified atom stereocenters. The first-order chi connectivity index (χ1) is 14.7. The molecular formula is C26H35N3O. The molecule has 2 fully saturated rings. The largest absolute Gasteiger partial charge is 0.369 e. The number of rotatable bonds is 7. The van der Waals surface area contributed by atoms with Gasteiger partial charge in [-0.25, -0.2) is 0 Å². The Morgan fingerprint density at radius 1 is 0.833 bits per heavy atom. The molecular weight excluding hydrogens is 370 g/mol. The summed E-state index contributed by atoms with van der Waals surface area (Å²) >= 11 is 0. The van der Waals surface area contributed by atoms with Gasteiger partial charge in [0.15, 0.2) is 0 Å². The van der Waals surface area contributed by atoms with Crippen molar-refractivity contribution in [3.05, 3.63) is 54.6 Å². The highest BCUT2D eigenvalue weighted by atomic mass is 16.1. The Hall–Kier alpha value is -2.17. The number of hydrogen-bond acceptors (Lipinski definition) is 4. The Bertz CT molecular complexity index is 806. The summed E-state index contributed by atoms with van der Waals surface area (Å²) in [5, 5.41) is 0. The molecule has 2 aliphatic heterocycles. The maximum atomic E-state index is 11.3. The van der Waals surface area contributed by atoms with E-state index >= 15 is 0 Å². The number of ketones is 1. The SMILES string of the molecule is CC(=O)CN1CCC(CCN2CCN(c3cccc(-c4ccccc4)c3)CC2)CC1. The molecule has 2 saturated heterocycles. The molecule has 0 aliphatic carbocycles. The average molecular weight is 406 g/mol. The van der Waals surface area contributed by atoms with Crippen LogP contribution in [0.4, 0.5) is 5.69 Å². The van der Waals surface area contributed by atoms with E-state index in [2.05, 4.69) is 69.3 Å². The molecule has 0 radical (unpaired) electrons. The molecule has 0 aromatic heterocycles. The van der Waals surface area contributed by atoms with E-state index in [1.807, 2.05) is 0 Å². The minimum Gasteiger partial charge on any atom is -0.369 e. The molecule has 2 aromatic rings. The van der Waals surface area contributed by atoms with Gasteiger partial charge in [0.25, 0.3) is 0 Å². The quantitative estimate of drug-likeness (QED) is 0.691. The van der Waals surface area contributed by atoms with Crippen LogP contribution in [0.3, 0.4) is 0 Å². The third kappa shape index (κ3) is 5.71. The smallest absolute Gasteiger partial charge is 0.143 e. The van der Waals surface area contributed by atoms with Crippen molar-refractivity contribution in [2.24, 2.45) is 5.92 Å². The first-order valence-corrected chi connectivity index (χ1v) is 11.5. The first-order valence-electron chi connectivity index (χ1n) is 11.5. The van der Waals surface area contributed by atoms with Gasteiger partial charge in [-0.2, -0.15) is 0 Å². The molecule has 0 bridgehead atoms. The lowest BCUT2D eigenvalue weighted by atomic mass is 9.93. The molecule has 0 N–H and O–H groups in total. The second-order valence-corrected chi connectivity index (χ2v) is 8.96. The van der Waals surface area contributed by atoms with Crippen molar-refractivity contribution >= 4 is 11.5 Å². The maximum absolute atomic E-state index is 11.3. The molecule has 4 nitrogen and oxygen atoms in total. The van der Waals surface area contributed by atoms with Crippen LogP contribution in [-0.2, 0) is 4.79 Å². The van der Waals surface area contributed by atoms with Crippen molar-refractivity contribution < 1.29 is 4.79 Å². The number of benzene rings is 2. The zero-order valence-electron chi connectivity index (χ0n) is 18.3. The Morgan fingerprint density at radius 2 is 1.53 bits per heavy atom. The number of nitrogens with zero attached hydrogens (tertiary/aromatic N) is 3. The van der Waals surface area contributed by atoms with Crippen LogP contribution in [0.5, 0.6) is 0 Å². The van der Waals surface area contributed by atoms with Crippen molar-refractivity contribution in [3.63, 3.8) is 0 Å². The molecule has 2 aliphatic rings. The van der Waals surface area contributed by atoms with Crippen LogP contribution >= 0.6 is 0 Å². The summed E-state index contributed by atoms with van der Waals surface area (Å²) in [6.45, 7) is 10.3. The van der Waals surface area contributed by atoms with Gasteiger partial charge in [0.1, 0.15) is 5.78 Å². The first kappa shape index (κ1) is 21.1. The van der Waals surface area contributed by atoms with Gasteiger partial charge in [0.2, 0.25) is 0 Å². The Kier molecular flexibility index (Phi) is 7.19. The van der Waals surface area contributed by atoms with E-state index in [1.165, 1.54) is 42.6 Å². The molecule has 160 valence electrons. The third-order valence-corrected chi connectivity index (χ3v) is 6.70. The maximum Gasteiger partial charge on any atom is 0.143 e. The highest BCUT2D eigenvalue weighted by Gasteiger charge is 2.22. The Labute approximate surface area is 181 Å². The van der Waals surface area contributed by atoms with Crippen molar-refractivity contribution in [3.8, 4) is 11.1 Å². The number of Topliss-reactive ketones (excluding diaryl/α,β-unsaturated/α-hetero) is 1. The van der Waals surface area contributed by atoms with Gasteiger partial charge in [-0.05, 0) is 75.0 Å². The van der Waals surface area contributed by atoms with Gasteiger partial charge < -0.3 is 4.90 Å². The fraction of sp³-hybridized carbons (Fsp3) is 0.500. The molecule has 4 heteroatoms. The second-order valence-electron chi connectivity index (χ2n) is 8.96. The van der Waals surface area contributed by atoms with E-state index in [9.17, 15) is 4.79 Å². The van der Waals surface area contributed by atoms with Crippen molar-refractivity contribution in [2.75, 3.05) is 57.3 Å². The summed E-state index contributed by atoms with van der Waals surface area (Å²) in [7, 11) is 0. The van der Waals surface area contributed by atoms with Crippen LogP contribution in [0.15, 0.2) is 54.6 Å². The van der Waals surface area contributed by atoms with Gasteiger partial charge in [0.05, 0.1) is 6.54 Å². The Morgan fingerprint density at radius 3 is 2.23 bits per heavy atom. The Balaban J connectivity index is 1.22. The topological polar surface area (TPSA) is 26.8 Å². The normalized spacial score (nSPS) is 19.2. The van der Waals surface area contributed by atoms with Crippen LogP contribution in [0, 0.1) is 5.92 Å². The van der Waals surface area contributed by atoms with Gasteiger partial charge in [0, 0.05) is 31.9 Å². The standard InChI is InChI=1S/C26H35N3O/c1-22(30)21-28-14-11-23(12-15-28)10-13-27-16-18-29(19-17-27)26-9-5-8-25(20-26)24-6-3-2-4-7-24/h2-9,20,23H,10-19,21H2,1H3. The fourth-order valence-electron chi connectivity index (χ4n) is 4.86. The summed E-state index contributed by atoms with van der Waals surface area (Å²) in [4.78, 5) is 18.8. The second kappa shape index (κ2) is 10.2. The van der Waals surface area contributed by atoms with Gasteiger partial charge in [-0.15, -0.1) is 0 Å². The minimum absolute atomic E-state index is 0.292. The lowest BCUT2D eigenvalue weighted by Crippen LogP contribution is -2.47. The fourth-order valence-corrected chi connectivity index (χ4v) is 4.86. The molecule has 30 heavy (non-hydrogen) atoms. The predicted molar refractivity (Wildman–Crippen MR) is 125 cm³/mol. The van der Waals surface area contributed by atoms with E-state index in [1.54, 1.807) is 6.92 Å². The van der Waals surface area contributed by atoms with E-state index in [0.717, 1.165) is 45.2 Å². The molecule has 4 rings (SSSR count). The van der Waals surface area contributed by atoms with Crippen LogP contribution in [-0.4, -0.2) is 67.9 Å². The highest BCUT2D eigenvalue weighted by molar-refractivity contribution is 5.77. The van der Waals surface area contributed by atoms with E-state index in [0.29, 0.717) is 12.3 Å². The highest BCUT2D eigenvalue weighted by Crippen LogP contribution is 2.26. The molecule has 2 aromatic carbocycles. The predicted octanol–water partition coefficient (Wildman–Crippen LogP) is 4.17. The lowest BCUT2D eigenvalue weighted by Gasteiger charge is -2.37. The van der Waals surface area contributed by atoms with E-state index in [-0.39, 0.29) is 0 Å². The third-order valence-electron chi connectivity index (χ3n) is 6.70. The summed E-state index contributed by atoms with van der Waals surface area (Å²) in [5.74, 6) is 1.12. The summed E-state index contributed by atoms with van der Waals surface area (Å²) in [6, 6.07) is 19.6. The number of carbonyl (C=O) groups is 1.